The van der Waals surface area contributed by atoms with Gasteiger partial charge in [0.05, 0.1) is 6.10 Å². The van der Waals surface area contributed by atoms with Crippen LogP contribution in [0.1, 0.15) is 23.7 Å². The molecule has 0 aliphatic carbocycles. The highest BCUT2D eigenvalue weighted by molar-refractivity contribution is 5.29. The lowest BCUT2D eigenvalue weighted by molar-refractivity contribution is 0.0146. The van der Waals surface area contributed by atoms with E-state index < -0.39 is 12.2 Å². The van der Waals surface area contributed by atoms with Crippen LogP contribution < -0.4 is 0 Å². The Hall–Kier alpha value is -1.62. The molecule has 92 valence electrons. The van der Waals surface area contributed by atoms with Crippen molar-refractivity contribution in [3.8, 4) is 0 Å². The first kappa shape index (κ1) is 13.4. The van der Waals surface area contributed by atoms with E-state index in [0.717, 1.165) is 0 Å². The van der Waals surface area contributed by atoms with E-state index >= 15 is 0 Å². The van der Waals surface area contributed by atoms with E-state index in [2.05, 4.69) is 10.0 Å². The summed E-state index contributed by atoms with van der Waals surface area (Å²) in [4.78, 5) is 2.55. The molecule has 0 spiro atoms. The van der Waals surface area contributed by atoms with Crippen LogP contribution in [-0.4, -0.2) is 22.9 Å². The highest BCUT2D eigenvalue weighted by Crippen LogP contribution is 2.23. The van der Waals surface area contributed by atoms with Gasteiger partial charge in [0.1, 0.15) is 11.9 Å². The first-order valence-corrected chi connectivity index (χ1v) is 5.19. The van der Waals surface area contributed by atoms with Gasteiger partial charge in [0.25, 0.3) is 0 Å². The topological polar surface area (TPSA) is 89.2 Å². The molecule has 5 nitrogen and oxygen atoms in total. The van der Waals surface area contributed by atoms with Crippen LogP contribution in [0, 0.1) is 12.7 Å². The maximum atomic E-state index is 12.9. The van der Waals surface area contributed by atoms with Crippen LogP contribution in [0.3, 0.4) is 0 Å². The first-order valence-electron chi connectivity index (χ1n) is 5.19. The number of azide groups is 1. The molecule has 0 aliphatic heterocycles. The molecule has 1 aromatic rings. The minimum atomic E-state index is -1.11. The van der Waals surface area contributed by atoms with Gasteiger partial charge in [0.15, 0.2) is 0 Å². The molecule has 0 aliphatic rings. The van der Waals surface area contributed by atoms with Gasteiger partial charge >= 0.3 is 0 Å². The summed E-state index contributed by atoms with van der Waals surface area (Å²) in [6.45, 7) is 1.76. The van der Waals surface area contributed by atoms with Crippen molar-refractivity contribution in [1.29, 1.82) is 0 Å². The Morgan fingerprint density at radius 3 is 2.76 bits per heavy atom. The Bertz CT molecular complexity index is 433. The number of nitrogens with zero attached hydrogens (tertiary/aromatic N) is 3. The standard InChI is InChI=1S/C11H14FN3O2/c1-7-6-8(12)2-3-9(7)11(17)10(16)4-5-14-15-13/h2-3,6,10-11,16-17H,4-5H2,1H3. The molecule has 2 N–H and O–H groups in total. The minimum absolute atomic E-state index is 0.106. The predicted molar refractivity (Wildman–Crippen MR) is 60.7 cm³/mol. The van der Waals surface area contributed by atoms with Gasteiger partial charge in [-0.2, -0.15) is 0 Å². The van der Waals surface area contributed by atoms with Crippen LogP contribution in [0.25, 0.3) is 10.4 Å². The van der Waals surface area contributed by atoms with Crippen LogP contribution in [0.4, 0.5) is 4.39 Å². The van der Waals surface area contributed by atoms with Gasteiger partial charge in [-0.1, -0.05) is 11.2 Å². The largest absolute Gasteiger partial charge is 0.390 e. The van der Waals surface area contributed by atoms with Crippen LogP contribution in [0.5, 0.6) is 0 Å². The second-order valence-corrected chi connectivity index (χ2v) is 3.76. The highest BCUT2D eigenvalue weighted by Gasteiger charge is 2.19. The van der Waals surface area contributed by atoms with Gasteiger partial charge in [0.2, 0.25) is 0 Å². The van der Waals surface area contributed by atoms with Gasteiger partial charge in [-0.3, -0.25) is 0 Å². The summed E-state index contributed by atoms with van der Waals surface area (Å²) in [6.07, 6.45) is -1.99. The molecule has 0 heterocycles. The van der Waals surface area contributed by atoms with Gasteiger partial charge < -0.3 is 10.2 Å². The molecule has 0 saturated carbocycles. The molecular weight excluding hydrogens is 225 g/mol. The zero-order chi connectivity index (χ0) is 12.8. The summed E-state index contributed by atoms with van der Waals surface area (Å²) in [7, 11) is 0. The average Bonchev–Trinajstić information content (AvgIpc) is 2.28. The molecule has 0 fully saturated rings. The normalized spacial score (nSPS) is 13.9. The molecule has 17 heavy (non-hydrogen) atoms. The number of aliphatic hydroxyl groups is 2. The minimum Gasteiger partial charge on any atom is -0.390 e. The highest BCUT2D eigenvalue weighted by atomic mass is 19.1. The fourth-order valence-corrected chi connectivity index (χ4v) is 1.57. The molecule has 0 amide bonds. The Balaban J connectivity index is 2.73. The van der Waals surface area contributed by atoms with E-state index in [1.807, 2.05) is 0 Å². The monoisotopic (exact) mass is 239 g/mol. The van der Waals surface area contributed by atoms with Gasteiger partial charge in [-0.05, 0) is 42.1 Å². The second-order valence-electron chi connectivity index (χ2n) is 3.76. The third-order valence-corrected chi connectivity index (χ3v) is 2.50. The fourth-order valence-electron chi connectivity index (χ4n) is 1.57. The number of benzene rings is 1. The van der Waals surface area contributed by atoms with Crippen molar-refractivity contribution in [2.75, 3.05) is 6.54 Å². The molecule has 0 radical (unpaired) electrons. The number of aryl methyl sites for hydroxylation is 1. The zero-order valence-electron chi connectivity index (χ0n) is 9.41. The molecule has 2 atom stereocenters. The zero-order valence-corrected chi connectivity index (χ0v) is 9.41. The third kappa shape index (κ3) is 3.71. The van der Waals surface area contributed by atoms with E-state index in [-0.39, 0.29) is 18.8 Å². The van der Waals surface area contributed by atoms with Crippen molar-refractivity contribution >= 4 is 0 Å². The van der Waals surface area contributed by atoms with Crippen LogP contribution in [-0.2, 0) is 0 Å². The van der Waals surface area contributed by atoms with Crippen molar-refractivity contribution in [1.82, 2.24) is 0 Å². The first-order chi connectivity index (χ1) is 8.06. The van der Waals surface area contributed by atoms with Crippen molar-refractivity contribution < 1.29 is 14.6 Å². The Kier molecular flexibility index (Phi) is 4.90. The van der Waals surface area contributed by atoms with Gasteiger partial charge in [-0.25, -0.2) is 4.39 Å². The van der Waals surface area contributed by atoms with Crippen molar-refractivity contribution in [3.63, 3.8) is 0 Å². The summed E-state index contributed by atoms with van der Waals surface area (Å²) in [5, 5.41) is 22.8. The molecular formula is C11H14FN3O2. The van der Waals surface area contributed by atoms with E-state index in [1.54, 1.807) is 6.92 Å². The van der Waals surface area contributed by atoms with Crippen molar-refractivity contribution in [2.24, 2.45) is 5.11 Å². The predicted octanol–water partition coefficient (Wildman–Crippen LogP) is 2.23. The number of aliphatic hydroxyl groups excluding tert-OH is 2. The number of hydrogen-bond acceptors (Lipinski definition) is 3. The molecule has 1 rings (SSSR count). The van der Waals surface area contributed by atoms with Crippen LogP contribution in [0.2, 0.25) is 0 Å². The summed E-state index contributed by atoms with van der Waals surface area (Å²) in [6, 6.07) is 3.95. The average molecular weight is 239 g/mol. The van der Waals surface area contributed by atoms with E-state index in [1.165, 1.54) is 18.2 Å². The summed E-state index contributed by atoms with van der Waals surface area (Å²) < 4.78 is 12.9. The summed E-state index contributed by atoms with van der Waals surface area (Å²) in [5.74, 6) is -0.387. The number of hydrogen-bond donors (Lipinski definition) is 2. The Morgan fingerprint density at radius 2 is 2.18 bits per heavy atom. The number of rotatable bonds is 5. The van der Waals surface area contributed by atoms with Gasteiger partial charge in [-0.15, -0.1) is 0 Å². The smallest absolute Gasteiger partial charge is 0.123 e. The summed E-state index contributed by atoms with van der Waals surface area (Å²) >= 11 is 0. The van der Waals surface area contributed by atoms with E-state index in [4.69, 9.17) is 5.53 Å². The van der Waals surface area contributed by atoms with Crippen LogP contribution >= 0.6 is 0 Å². The molecule has 1 aromatic carbocycles. The third-order valence-electron chi connectivity index (χ3n) is 2.50. The maximum absolute atomic E-state index is 12.9. The lowest BCUT2D eigenvalue weighted by Gasteiger charge is -2.19. The van der Waals surface area contributed by atoms with Crippen molar-refractivity contribution in [3.05, 3.63) is 45.6 Å². The molecule has 6 heteroatoms. The Labute approximate surface area is 98.1 Å². The lowest BCUT2D eigenvalue weighted by atomic mass is 9.98. The van der Waals surface area contributed by atoms with E-state index in [0.29, 0.717) is 11.1 Å². The number of halogens is 1. The molecule has 0 saturated heterocycles. The Morgan fingerprint density at radius 1 is 1.47 bits per heavy atom. The summed E-state index contributed by atoms with van der Waals surface area (Å²) in [5.41, 5.74) is 9.12. The SMILES string of the molecule is Cc1cc(F)ccc1C(O)C(O)CCN=[N+]=[N-]. The maximum Gasteiger partial charge on any atom is 0.123 e. The second kappa shape index (κ2) is 6.20. The van der Waals surface area contributed by atoms with Crippen LogP contribution in [0.15, 0.2) is 23.3 Å². The molecule has 0 aromatic heterocycles. The van der Waals surface area contributed by atoms with Gasteiger partial charge in [0, 0.05) is 11.5 Å². The lowest BCUT2D eigenvalue weighted by Crippen LogP contribution is -2.20. The quantitative estimate of drug-likeness (QED) is 0.468. The molecule has 2 unspecified atom stereocenters. The fraction of sp³-hybridized carbons (Fsp3) is 0.455. The van der Waals surface area contributed by atoms with E-state index in [9.17, 15) is 14.6 Å². The molecule has 0 bridgehead atoms. The van der Waals surface area contributed by atoms with Crippen molar-refractivity contribution in [2.45, 2.75) is 25.6 Å².